The number of alkyl halides is 1. The van der Waals surface area contributed by atoms with Gasteiger partial charge in [-0.2, -0.15) is 5.10 Å². The van der Waals surface area contributed by atoms with Crippen LogP contribution >= 0.6 is 0 Å². The molecule has 1 aromatic rings. The van der Waals surface area contributed by atoms with Gasteiger partial charge in [0.05, 0.1) is 31.1 Å². The number of aromatic nitrogens is 2. The summed E-state index contributed by atoms with van der Waals surface area (Å²) in [7, 11) is 0. The van der Waals surface area contributed by atoms with Gasteiger partial charge in [-0.05, 0) is 0 Å². The average molecular weight is 240 g/mol. The summed E-state index contributed by atoms with van der Waals surface area (Å²) in [5.41, 5.74) is 0.598. The summed E-state index contributed by atoms with van der Waals surface area (Å²) in [6.07, 6.45) is 1.08. The molecule has 0 spiro atoms. The highest BCUT2D eigenvalue weighted by atomic mass is 19.1. The predicted octanol–water partition coefficient (Wildman–Crippen LogP) is -0.0619. The second-order valence-corrected chi connectivity index (χ2v) is 4.15. The van der Waals surface area contributed by atoms with E-state index in [0.29, 0.717) is 12.2 Å². The van der Waals surface area contributed by atoms with Crippen LogP contribution in [0.2, 0.25) is 0 Å². The second kappa shape index (κ2) is 4.08. The third kappa shape index (κ3) is 1.71. The van der Waals surface area contributed by atoms with Gasteiger partial charge in [-0.3, -0.25) is 0 Å². The second-order valence-electron chi connectivity index (χ2n) is 4.15. The summed E-state index contributed by atoms with van der Waals surface area (Å²) in [4.78, 5) is 4.16. The molecule has 1 fully saturated rings. The summed E-state index contributed by atoms with van der Waals surface area (Å²) in [6.45, 7) is 0.402. The van der Waals surface area contributed by atoms with Crippen molar-refractivity contribution < 1.29 is 14.2 Å². The highest BCUT2D eigenvalue weighted by Gasteiger charge is 2.38. The fourth-order valence-electron chi connectivity index (χ4n) is 2.18. The Labute approximate surface area is 97.1 Å². The Morgan fingerprint density at radius 3 is 3.29 bits per heavy atom. The lowest BCUT2D eigenvalue weighted by Gasteiger charge is -2.16. The summed E-state index contributed by atoms with van der Waals surface area (Å²) in [6, 6.07) is 0. The van der Waals surface area contributed by atoms with E-state index in [-0.39, 0.29) is 13.0 Å². The van der Waals surface area contributed by atoms with Crippen molar-refractivity contribution in [2.75, 3.05) is 6.61 Å². The van der Waals surface area contributed by atoms with E-state index >= 15 is 0 Å². The molecule has 0 aliphatic carbocycles. The Morgan fingerprint density at radius 1 is 1.65 bits per heavy atom. The fourth-order valence-corrected chi connectivity index (χ4v) is 2.18. The maximum absolute atomic E-state index is 13.8. The fraction of sp³-hybridized carbons (Fsp3) is 0.600. The van der Waals surface area contributed by atoms with E-state index in [4.69, 9.17) is 9.84 Å². The lowest BCUT2D eigenvalue weighted by Crippen LogP contribution is -2.22. The van der Waals surface area contributed by atoms with Crippen LogP contribution in [0.1, 0.15) is 24.0 Å². The smallest absolute Gasteiger partial charge is 0.149 e. The molecule has 1 saturated heterocycles. The van der Waals surface area contributed by atoms with Crippen molar-refractivity contribution in [1.29, 1.82) is 0 Å². The van der Waals surface area contributed by atoms with Crippen molar-refractivity contribution in [1.82, 2.24) is 15.0 Å². The van der Waals surface area contributed by atoms with Crippen LogP contribution in [0.5, 0.6) is 0 Å². The largest absolute Gasteiger partial charge is 0.394 e. The number of nitrogens with one attached hydrogen (secondary N) is 1. The third-order valence-electron chi connectivity index (χ3n) is 3.01. The minimum atomic E-state index is -1.13. The number of rotatable bonds is 2. The van der Waals surface area contributed by atoms with Crippen LogP contribution in [0.4, 0.5) is 4.39 Å². The van der Waals surface area contributed by atoms with Crippen LogP contribution in [0, 0.1) is 0 Å². The summed E-state index contributed by atoms with van der Waals surface area (Å²) in [5.74, 6) is 0.728. The van der Waals surface area contributed by atoms with Crippen LogP contribution in [0.25, 0.3) is 0 Å². The maximum atomic E-state index is 13.8. The van der Waals surface area contributed by atoms with Crippen LogP contribution in [0.3, 0.4) is 0 Å². The van der Waals surface area contributed by atoms with Crippen LogP contribution < -0.4 is 5.32 Å². The number of fused-ring (bicyclic) bond motifs is 1. The van der Waals surface area contributed by atoms with Gasteiger partial charge in [-0.25, -0.2) is 14.1 Å². The van der Waals surface area contributed by atoms with Crippen LogP contribution in [-0.2, 0) is 11.3 Å². The number of ether oxygens (including phenoxy) is 1. The molecular formula is C10H13FN4O2. The predicted molar refractivity (Wildman–Crippen MR) is 57.2 cm³/mol. The summed E-state index contributed by atoms with van der Waals surface area (Å²) in [5, 5.41) is 16.0. The molecule has 0 saturated carbocycles. The molecule has 2 aliphatic heterocycles. The molecule has 0 aromatic carbocycles. The Kier molecular flexibility index (Phi) is 2.56. The molecule has 3 heterocycles. The molecule has 0 bridgehead atoms. The molecule has 2 N–H and O–H groups in total. The number of aliphatic hydroxyl groups excluding tert-OH is 1. The molecular weight excluding hydrogens is 227 g/mol. The number of halogens is 1. The molecule has 17 heavy (non-hydrogen) atoms. The zero-order chi connectivity index (χ0) is 11.8. The van der Waals surface area contributed by atoms with Crippen molar-refractivity contribution in [2.45, 2.75) is 31.3 Å². The van der Waals surface area contributed by atoms with Gasteiger partial charge in [0.25, 0.3) is 0 Å². The van der Waals surface area contributed by atoms with E-state index in [0.717, 1.165) is 5.82 Å². The highest BCUT2D eigenvalue weighted by Crippen LogP contribution is 2.35. The minimum absolute atomic E-state index is 0.164. The van der Waals surface area contributed by atoms with Gasteiger partial charge in [0, 0.05) is 6.42 Å². The van der Waals surface area contributed by atoms with E-state index in [1.165, 1.54) is 0 Å². The normalized spacial score (nSPS) is 31.3. The van der Waals surface area contributed by atoms with Crippen LogP contribution in [0.15, 0.2) is 11.3 Å². The minimum Gasteiger partial charge on any atom is -0.394 e. The van der Waals surface area contributed by atoms with E-state index in [2.05, 4.69) is 15.4 Å². The lowest BCUT2D eigenvalue weighted by molar-refractivity contribution is -0.00268. The van der Waals surface area contributed by atoms with Crippen molar-refractivity contribution in [3.8, 4) is 0 Å². The summed E-state index contributed by atoms with van der Waals surface area (Å²) < 4.78 is 20.9. The molecule has 0 unspecified atom stereocenters. The van der Waals surface area contributed by atoms with Gasteiger partial charge in [0.2, 0.25) is 0 Å². The third-order valence-corrected chi connectivity index (χ3v) is 3.01. The van der Waals surface area contributed by atoms with E-state index < -0.39 is 18.4 Å². The number of imidazole rings is 1. The Hall–Kier alpha value is -1.47. The van der Waals surface area contributed by atoms with Gasteiger partial charge >= 0.3 is 0 Å². The Bertz CT molecular complexity index is 448. The highest BCUT2D eigenvalue weighted by molar-refractivity contribution is 5.55. The molecule has 1 aromatic heterocycles. The molecule has 6 nitrogen and oxygen atoms in total. The molecule has 3 atom stereocenters. The molecule has 0 amide bonds. The number of nitrogens with zero attached hydrogens (tertiary/aromatic N) is 3. The van der Waals surface area contributed by atoms with Gasteiger partial charge in [0.15, 0.2) is 0 Å². The Balaban J connectivity index is 1.90. The molecule has 3 rings (SSSR count). The molecule has 0 radical (unpaired) electrons. The van der Waals surface area contributed by atoms with Gasteiger partial charge in [-0.1, -0.05) is 0 Å². The molecule has 92 valence electrons. The topological polar surface area (TPSA) is 71.7 Å². The lowest BCUT2D eigenvalue weighted by atomic mass is 10.1. The first kappa shape index (κ1) is 10.7. The zero-order valence-electron chi connectivity index (χ0n) is 9.08. The van der Waals surface area contributed by atoms with Crippen molar-refractivity contribution >= 4 is 6.34 Å². The summed E-state index contributed by atoms with van der Waals surface area (Å²) >= 11 is 0. The van der Waals surface area contributed by atoms with E-state index in [1.807, 2.05) is 0 Å². The molecule has 7 heteroatoms. The van der Waals surface area contributed by atoms with E-state index in [1.54, 1.807) is 17.2 Å². The van der Waals surface area contributed by atoms with Crippen molar-refractivity contribution in [3.63, 3.8) is 0 Å². The molecule has 2 aliphatic rings. The number of hydrogen-bond donors (Lipinski definition) is 2. The van der Waals surface area contributed by atoms with Crippen molar-refractivity contribution in [3.05, 3.63) is 17.7 Å². The maximum Gasteiger partial charge on any atom is 0.149 e. The zero-order valence-corrected chi connectivity index (χ0v) is 9.08. The van der Waals surface area contributed by atoms with E-state index in [9.17, 15) is 4.39 Å². The monoisotopic (exact) mass is 240 g/mol. The van der Waals surface area contributed by atoms with Gasteiger partial charge in [-0.15, -0.1) is 0 Å². The first-order valence-electron chi connectivity index (χ1n) is 5.52. The first-order valence-corrected chi connectivity index (χ1v) is 5.52. The van der Waals surface area contributed by atoms with Crippen LogP contribution in [-0.4, -0.2) is 40.0 Å². The quantitative estimate of drug-likeness (QED) is 0.759. The first-order chi connectivity index (χ1) is 8.29. The SMILES string of the molecule is OC[C@@H]1C[C@@H](F)[C@H](c2cnc3n2N=CNC3)O1. The standard InChI is InChI=1S/C10H13FN4O2/c11-7-1-6(4-16)17-10(7)8-2-13-9-3-12-5-14-15(8)9/h2,5-7,10,16H,1,3-4H2,(H,12,14)/t6-,7+,10+/m0/s1. The van der Waals surface area contributed by atoms with Crippen molar-refractivity contribution in [2.24, 2.45) is 5.10 Å². The van der Waals surface area contributed by atoms with Gasteiger partial charge < -0.3 is 15.2 Å². The van der Waals surface area contributed by atoms with Gasteiger partial charge in [0.1, 0.15) is 24.4 Å². The number of aliphatic hydroxyl groups is 1. The average Bonchev–Trinajstić information content (AvgIpc) is 2.92. The number of hydrogen-bond acceptors (Lipinski definition) is 5. The Morgan fingerprint density at radius 2 is 2.53 bits per heavy atom.